The zero-order valence-electron chi connectivity index (χ0n) is 16.0. The normalized spacial score (nSPS) is 10.5. The molecule has 0 aliphatic carbocycles. The fourth-order valence-corrected chi connectivity index (χ4v) is 2.92. The predicted molar refractivity (Wildman–Crippen MR) is 117 cm³/mol. The number of amides is 1. The van der Waals surface area contributed by atoms with Gasteiger partial charge in [0.05, 0.1) is 17.2 Å². The SMILES string of the molecule is COCCOc1ccc(C(=O)NC(=S)Nc2ccc(OC(C)C)cc2)cc1Br. The molecular weight excluding hydrogens is 444 g/mol. The first kappa shape index (κ1) is 22.1. The second-order valence-electron chi connectivity index (χ2n) is 6.09. The van der Waals surface area contributed by atoms with Crippen LogP contribution in [-0.4, -0.2) is 37.4 Å². The number of hydrogen-bond acceptors (Lipinski definition) is 5. The molecule has 0 saturated heterocycles. The van der Waals surface area contributed by atoms with Gasteiger partial charge in [0.15, 0.2) is 5.11 Å². The smallest absolute Gasteiger partial charge is 0.257 e. The number of carbonyl (C=O) groups is 1. The highest BCUT2D eigenvalue weighted by atomic mass is 79.9. The molecule has 2 aromatic rings. The van der Waals surface area contributed by atoms with E-state index in [1.54, 1.807) is 25.3 Å². The Morgan fingerprint density at radius 2 is 1.86 bits per heavy atom. The molecule has 0 radical (unpaired) electrons. The Morgan fingerprint density at radius 1 is 1.14 bits per heavy atom. The van der Waals surface area contributed by atoms with Crippen LogP contribution in [0, 0.1) is 0 Å². The Bertz CT molecular complexity index is 812. The summed E-state index contributed by atoms with van der Waals surface area (Å²) in [5, 5.41) is 5.84. The molecule has 0 atom stereocenters. The molecule has 8 heteroatoms. The van der Waals surface area contributed by atoms with E-state index in [0.717, 1.165) is 11.4 Å². The van der Waals surface area contributed by atoms with E-state index < -0.39 is 0 Å². The van der Waals surface area contributed by atoms with Crippen molar-refractivity contribution in [2.75, 3.05) is 25.6 Å². The number of benzene rings is 2. The number of rotatable bonds is 8. The van der Waals surface area contributed by atoms with Gasteiger partial charge >= 0.3 is 0 Å². The van der Waals surface area contributed by atoms with E-state index in [0.29, 0.717) is 29.0 Å². The number of methoxy groups -OCH3 is 1. The summed E-state index contributed by atoms with van der Waals surface area (Å²) in [4.78, 5) is 12.4. The van der Waals surface area contributed by atoms with Crippen LogP contribution in [0.15, 0.2) is 46.9 Å². The van der Waals surface area contributed by atoms with E-state index in [-0.39, 0.29) is 17.1 Å². The molecule has 0 bridgehead atoms. The average molecular weight is 467 g/mol. The van der Waals surface area contributed by atoms with Gasteiger partial charge in [-0.3, -0.25) is 10.1 Å². The van der Waals surface area contributed by atoms with Crippen LogP contribution in [0.25, 0.3) is 0 Å². The second kappa shape index (κ2) is 11.0. The van der Waals surface area contributed by atoms with E-state index in [9.17, 15) is 4.79 Å². The third-order valence-corrected chi connectivity index (χ3v) is 4.27. The van der Waals surface area contributed by atoms with Crippen molar-refractivity contribution in [1.29, 1.82) is 0 Å². The summed E-state index contributed by atoms with van der Waals surface area (Å²) >= 11 is 8.62. The van der Waals surface area contributed by atoms with Gasteiger partial charge < -0.3 is 19.5 Å². The summed E-state index contributed by atoms with van der Waals surface area (Å²) in [6.07, 6.45) is 0.107. The second-order valence-corrected chi connectivity index (χ2v) is 7.35. The Labute approximate surface area is 178 Å². The van der Waals surface area contributed by atoms with Gasteiger partial charge in [0.2, 0.25) is 0 Å². The summed E-state index contributed by atoms with van der Waals surface area (Å²) in [5.74, 6) is 1.09. The highest BCUT2D eigenvalue weighted by Crippen LogP contribution is 2.26. The van der Waals surface area contributed by atoms with Gasteiger partial charge in [-0.05, 0) is 84.5 Å². The highest BCUT2D eigenvalue weighted by molar-refractivity contribution is 9.10. The number of halogens is 1. The van der Waals surface area contributed by atoms with Gasteiger partial charge in [0.25, 0.3) is 5.91 Å². The van der Waals surface area contributed by atoms with Gasteiger partial charge in [0.1, 0.15) is 18.1 Å². The minimum absolute atomic E-state index is 0.107. The molecule has 0 fully saturated rings. The Hall–Kier alpha value is -2.16. The molecule has 0 spiro atoms. The van der Waals surface area contributed by atoms with Crippen molar-refractivity contribution in [3.05, 3.63) is 52.5 Å². The van der Waals surface area contributed by atoms with E-state index in [1.165, 1.54) is 0 Å². The Morgan fingerprint density at radius 3 is 2.46 bits per heavy atom. The predicted octanol–water partition coefficient (Wildman–Crippen LogP) is 4.39. The summed E-state index contributed by atoms with van der Waals surface area (Å²) < 4.78 is 16.8. The van der Waals surface area contributed by atoms with Crippen LogP contribution in [0.4, 0.5) is 5.69 Å². The maximum Gasteiger partial charge on any atom is 0.257 e. The molecule has 28 heavy (non-hydrogen) atoms. The van der Waals surface area contributed by atoms with Gasteiger partial charge in [-0.25, -0.2) is 0 Å². The number of anilines is 1. The quantitative estimate of drug-likeness (QED) is 0.444. The number of ether oxygens (including phenoxy) is 3. The number of thiocarbonyl (C=S) groups is 1. The van der Waals surface area contributed by atoms with Crippen molar-refractivity contribution >= 4 is 44.9 Å². The summed E-state index contributed by atoms with van der Waals surface area (Å²) in [6, 6.07) is 12.4. The zero-order valence-corrected chi connectivity index (χ0v) is 18.4. The van der Waals surface area contributed by atoms with Crippen LogP contribution in [0.5, 0.6) is 11.5 Å². The molecule has 150 valence electrons. The van der Waals surface area contributed by atoms with Crippen molar-refractivity contribution in [3.8, 4) is 11.5 Å². The van der Waals surface area contributed by atoms with Gasteiger partial charge in [-0.2, -0.15) is 0 Å². The van der Waals surface area contributed by atoms with Crippen LogP contribution in [0.1, 0.15) is 24.2 Å². The van der Waals surface area contributed by atoms with Crippen LogP contribution in [0.2, 0.25) is 0 Å². The van der Waals surface area contributed by atoms with Gasteiger partial charge in [-0.1, -0.05) is 0 Å². The molecule has 6 nitrogen and oxygen atoms in total. The molecule has 0 unspecified atom stereocenters. The Balaban J connectivity index is 1.91. The fraction of sp³-hybridized carbons (Fsp3) is 0.300. The number of hydrogen-bond donors (Lipinski definition) is 2. The van der Waals surface area contributed by atoms with Gasteiger partial charge in [0, 0.05) is 18.4 Å². The molecule has 2 aromatic carbocycles. The maximum absolute atomic E-state index is 12.4. The molecule has 0 heterocycles. The third-order valence-electron chi connectivity index (χ3n) is 3.45. The monoisotopic (exact) mass is 466 g/mol. The molecule has 0 aromatic heterocycles. The molecule has 0 aliphatic heterocycles. The van der Waals surface area contributed by atoms with Crippen molar-refractivity contribution in [2.24, 2.45) is 0 Å². The standard InChI is InChI=1S/C20H23BrN2O4S/c1-13(2)27-16-7-5-15(6-8-16)22-20(28)23-19(24)14-4-9-18(17(21)12-14)26-11-10-25-3/h4-9,12-13H,10-11H2,1-3H3,(H2,22,23,24,28). The van der Waals surface area contributed by atoms with E-state index >= 15 is 0 Å². The molecule has 1 amide bonds. The van der Waals surface area contributed by atoms with E-state index in [1.807, 2.05) is 38.1 Å². The van der Waals surface area contributed by atoms with Gasteiger partial charge in [-0.15, -0.1) is 0 Å². The van der Waals surface area contributed by atoms with Crippen molar-refractivity contribution in [2.45, 2.75) is 20.0 Å². The number of carbonyl (C=O) groups excluding carboxylic acids is 1. The maximum atomic E-state index is 12.4. The van der Waals surface area contributed by atoms with E-state index in [4.69, 9.17) is 26.4 Å². The lowest BCUT2D eigenvalue weighted by Gasteiger charge is -2.13. The molecular formula is C20H23BrN2O4S. The Kier molecular flexibility index (Phi) is 8.69. The number of nitrogens with one attached hydrogen (secondary N) is 2. The minimum atomic E-state index is -0.318. The zero-order chi connectivity index (χ0) is 20.5. The van der Waals surface area contributed by atoms with E-state index in [2.05, 4.69) is 26.6 Å². The summed E-state index contributed by atoms with van der Waals surface area (Å²) in [5.41, 5.74) is 1.21. The summed E-state index contributed by atoms with van der Waals surface area (Å²) in [7, 11) is 1.61. The van der Waals surface area contributed by atoms with Crippen LogP contribution >= 0.6 is 28.1 Å². The average Bonchev–Trinajstić information content (AvgIpc) is 2.64. The fourth-order valence-electron chi connectivity index (χ4n) is 2.22. The topological polar surface area (TPSA) is 68.8 Å². The van der Waals surface area contributed by atoms with Crippen molar-refractivity contribution < 1.29 is 19.0 Å². The largest absolute Gasteiger partial charge is 0.491 e. The van der Waals surface area contributed by atoms with Crippen LogP contribution < -0.4 is 20.1 Å². The molecule has 0 saturated carbocycles. The lowest BCUT2D eigenvalue weighted by atomic mass is 10.2. The first-order valence-corrected chi connectivity index (χ1v) is 9.89. The molecule has 2 N–H and O–H groups in total. The van der Waals surface area contributed by atoms with Crippen molar-refractivity contribution in [3.63, 3.8) is 0 Å². The lowest BCUT2D eigenvalue weighted by Crippen LogP contribution is -2.34. The molecule has 0 aliphatic rings. The highest BCUT2D eigenvalue weighted by Gasteiger charge is 2.11. The lowest BCUT2D eigenvalue weighted by molar-refractivity contribution is 0.0977. The third kappa shape index (κ3) is 7.10. The molecule has 2 rings (SSSR count). The van der Waals surface area contributed by atoms with Crippen LogP contribution in [-0.2, 0) is 4.74 Å². The first-order chi connectivity index (χ1) is 13.4. The van der Waals surface area contributed by atoms with Crippen LogP contribution in [0.3, 0.4) is 0 Å². The van der Waals surface area contributed by atoms with Crippen molar-refractivity contribution in [1.82, 2.24) is 5.32 Å². The summed E-state index contributed by atoms with van der Waals surface area (Å²) in [6.45, 7) is 4.84. The first-order valence-electron chi connectivity index (χ1n) is 8.69. The minimum Gasteiger partial charge on any atom is -0.491 e.